The minimum absolute atomic E-state index is 0.111. The molecule has 1 aromatic heterocycles. The summed E-state index contributed by atoms with van der Waals surface area (Å²) in [5.74, 6) is -0.440. The third kappa shape index (κ3) is 4.15. The van der Waals surface area contributed by atoms with Crippen molar-refractivity contribution in [2.75, 3.05) is 11.4 Å². The zero-order chi connectivity index (χ0) is 19.3. The van der Waals surface area contributed by atoms with E-state index in [0.717, 1.165) is 5.56 Å². The van der Waals surface area contributed by atoms with Crippen LogP contribution in [-0.4, -0.2) is 26.5 Å². The first kappa shape index (κ1) is 18.6. The number of hydrogen-bond acceptors (Lipinski definition) is 5. The molecule has 3 rings (SSSR count). The molecule has 0 N–H and O–H groups in total. The van der Waals surface area contributed by atoms with Gasteiger partial charge in [0.2, 0.25) is 0 Å². The first-order valence-electron chi connectivity index (χ1n) is 8.17. The SMILES string of the molecule is COC(=O)c1ccc(CN(c2ccccc2)S(=O)(=O)c2cccnc2)cc1. The summed E-state index contributed by atoms with van der Waals surface area (Å²) in [5, 5.41) is 0. The van der Waals surface area contributed by atoms with Crippen LogP contribution in [0, 0.1) is 0 Å². The number of carbonyl (C=O) groups is 1. The van der Waals surface area contributed by atoms with Crippen LogP contribution in [-0.2, 0) is 21.3 Å². The lowest BCUT2D eigenvalue weighted by Crippen LogP contribution is -2.30. The van der Waals surface area contributed by atoms with Crippen LogP contribution in [0.2, 0.25) is 0 Å². The van der Waals surface area contributed by atoms with Gasteiger partial charge in [-0.25, -0.2) is 13.2 Å². The second-order valence-corrected chi connectivity index (χ2v) is 7.59. The van der Waals surface area contributed by atoms with Crippen molar-refractivity contribution >= 4 is 21.7 Å². The molecular weight excluding hydrogens is 364 g/mol. The number of nitrogens with zero attached hydrogens (tertiary/aromatic N) is 2. The highest BCUT2D eigenvalue weighted by molar-refractivity contribution is 7.92. The van der Waals surface area contributed by atoms with E-state index in [1.807, 2.05) is 6.07 Å². The van der Waals surface area contributed by atoms with Crippen LogP contribution in [0.4, 0.5) is 5.69 Å². The normalized spacial score (nSPS) is 11.0. The van der Waals surface area contributed by atoms with Crippen molar-refractivity contribution in [1.29, 1.82) is 0 Å². The average molecular weight is 382 g/mol. The summed E-state index contributed by atoms with van der Waals surface area (Å²) >= 11 is 0. The van der Waals surface area contributed by atoms with E-state index in [1.54, 1.807) is 54.6 Å². The maximum absolute atomic E-state index is 13.2. The van der Waals surface area contributed by atoms with Crippen LogP contribution in [0.25, 0.3) is 0 Å². The van der Waals surface area contributed by atoms with E-state index >= 15 is 0 Å². The molecule has 1 heterocycles. The highest BCUT2D eigenvalue weighted by Crippen LogP contribution is 2.25. The zero-order valence-electron chi connectivity index (χ0n) is 14.6. The fourth-order valence-electron chi connectivity index (χ4n) is 2.57. The van der Waals surface area contributed by atoms with E-state index in [9.17, 15) is 13.2 Å². The molecule has 0 aliphatic rings. The molecular formula is C20H18N2O4S. The predicted octanol–water partition coefficient (Wildman–Crippen LogP) is 3.26. The molecule has 0 aliphatic heterocycles. The fraction of sp³-hybridized carbons (Fsp3) is 0.100. The first-order chi connectivity index (χ1) is 13.0. The van der Waals surface area contributed by atoms with E-state index in [0.29, 0.717) is 11.3 Å². The molecule has 27 heavy (non-hydrogen) atoms. The second kappa shape index (κ2) is 8.01. The van der Waals surface area contributed by atoms with Crippen LogP contribution in [0.15, 0.2) is 84.0 Å². The summed E-state index contributed by atoms with van der Waals surface area (Å²) in [5.41, 5.74) is 1.68. The average Bonchev–Trinajstić information content (AvgIpc) is 2.73. The molecule has 3 aromatic rings. The van der Waals surface area contributed by atoms with Gasteiger partial charge in [-0.1, -0.05) is 30.3 Å². The van der Waals surface area contributed by atoms with E-state index in [4.69, 9.17) is 0 Å². The number of aromatic nitrogens is 1. The van der Waals surface area contributed by atoms with Gasteiger partial charge in [0.15, 0.2) is 0 Å². The summed E-state index contributed by atoms with van der Waals surface area (Å²) in [7, 11) is -2.49. The van der Waals surface area contributed by atoms with Gasteiger partial charge in [0.1, 0.15) is 4.90 Å². The molecule has 0 fully saturated rings. The number of pyridine rings is 1. The second-order valence-electron chi connectivity index (χ2n) is 5.72. The summed E-state index contributed by atoms with van der Waals surface area (Å²) in [4.78, 5) is 15.6. The highest BCUT2D eigenvalue weighted by Gasteiger charge is 2.25. The largest absolute Gasteiger partial charge is 0.465 e. The maximum atomic E-state index is 13.2. The Labute approximate surface area is 158 Å². The number of esters is 1. The fourth-order valence-corrected chi connectivity index (χ4v) is 3.98. The van der Waals surface area contributed by atoms with E-state index in [1.165, 1.54) is 29.9 Å². The lowest BCUT2D eigenvalue weighted by Gasteiger charge is -2.24. The van der Waals surface area contributed by atoms with Crippen molar-refractivity contribution in [3.63, 3.8) is 0 Å². The van der Waals surface area contributed by atoms with Crippen LogP contribution in [0.5, 0.6) is 0 Å². The van der Waals surface area contributed by atoms with Gasteiger partial charge in [-0.2, -0.15) is 0 Å². The number of benzene rings is 2. The Kier molecular flexibility index (Phi) is 5.52. The van der Waals surface area contributed by atoms with Gasteiger partial charge >= 0.3 is 5.97 Å². The Morgan fingerprint density at radius 2 is 1.70 bits per heavy atom. The molecule has 7 heteroatoms. The van der Waals surface area contributed by atoms with Crippen LogP contribution in [0.3, 0.4) is 0 Å². The molecule has 0 spiro atoms. The van der Waals surface area contributed by atoms with Crippen LogP contribution in [0.1, 0.15) is 15.9 Å². The molecule has 0 bridgehead atoms. The van der Waals surface area contributed by atoms with Gasteiger partial charge in [-0.15, -0.1) is 0 Å². The number of ether oxygens (including phenoxy) is 1. The van der Waals surface area contributed by atoms with Crippen molar-refractivity contribution in [1.82, 2.24) is 4.98 Å². The minimum atomic E-state index is -3.80. The smallest absolute Gasteiger partial charge is 0.337 e. The topological polar surface area (TPSA) is 76.6 Å². The number of methoxy groups -OCH3 is 1. The Balaban J connectivity index is 1.98. The lowest BCUT2D eigenvalue weighted by atomic mass is 10.1. The van der Waals surface area contributed by atoms with Crippen LogP contribution < -0.4 is 4.31 Å². The third-order valence-corrected chi connectivity index (χ3v) is 5.73. The van der Waals surface area contributed by atoms with Gasteiger partial charge in [0, 0.05) is 12.4 Å². The standard InChI is InChI=1S/C20H18N2O4S/c1-26-20(23)17-11-9-16(10-12-17)15-22(18-6-3-2-4-7-18)27(24,25)19-8-5-13-21-14-19/h2-14H,15H2,1H3. The van der Waals surface area contributed by atoms with Crippen molar-refractivity contribution in [3.05, 3.63) is 90.3 Å². The van der Waals surface area contributed by atoms with Gasteiger partial charge in [0.25, 0.3) is 10.0 Å². The van der Waals surface area contributed by atoms with E-state index < -0.39 is 16.0 Å². The van der Waals surface area contributed by atoms with E-state index in [-0.39, 0.29) is 11.4 Å². The number of rotatable bonds is 6. The zero-order valence-corrected chi connectivity index (χ0v) is 15.5. The quantitative estimate of drug-likeness (QED) is 0.612. The number of anilines is 1. The van der Waals surface area contributed by atoms with Crippen molar-refractivity contribution in [3.8, 4) is 0 Å². The third-order valence-electron chi connectivity index (χ3n) is 3.97. The molecule has 0 radical (unpaired) electrons. The number of sulfonamides is 1. The predicted molar refractivity (Wildman–Crippen MR) is 102 cm³/mol. The Morgan fingerprint density at radius 1 is 1.00 bits per heavy atom. The van der Waals surface area contributed by atoms with Gasteiger partial charge in [0.05, 0.1) is 24.9 Å². The number of para-hydroxylation sites is 1. The molecule has 0 atom stereocenters. The van der Waals surface area contributed by atoms with Gasteiger partial charge < -0.3 is 4.74 Å². The molecule has 138 valence electrons. The molecule has 2 aromatic carbocycles. The molecule has 0 aliphatic carbocycles. The Morgan fingerprint density at radius 3 is 2.30 bits per heavy atom. The summed E-state index contributed by atoms with van der Waals surface area (Å²) < 4.78 is 32.3. The monoisotopic (exact) mass is 382 g/mol. The molecule has 0 saturated carbocycles. The van der Waals surface area contributed by atoms with E-state index in [2.05, 4.69) is 9.72 Å². The van der Waals surface area contributed by atoms with Crippen molar-refractivity contribution in [2.45, 2.75) is 11.4 Å². The summed E-state index contributed by atoms with van der Waals surface area (Å²) in [6, 6.07) is 18.6. The summed E-state index contributed by atoms with van der Waals surface area (Å²) in [6.07, 6.45) is 2.85. The van der Waals surface area contributed by atoms with Crippen molar-refractivity contribution in [2.24, 2.45) is 0 Å². The van der Waals surface area contributed by atoms with Gasteiger partial charge in [-0.05, 0) is 42.0 Å². The summed E-state index contributed by atoms with van der Waals surface area (Å²) in [6.45, 7) is 0.114. The Hall–Kier alpha value is -3.19. The first-order valence-corrected chi connectivity index (χ1v) is 9.61. The molecule has 6 nitrogen and oxygen atoms in total. The van der Waals surface area contributed by atoms with Gasteiger partial charge in [-0.3, -0.25) is 9.29 Å². The minimum Gasteiger partial charge on any atom is -0.465 e. The molecule has 0 unspecified atom stereocenters. The van der Waals surface area contributed by atoms with Crippen molar-refractivity contribution < 1.29 is 17.9 Å². The molecule has 0 amide bonds. The van der Waals surface area contributed by atoms with Crippen LogP contribution >= 0.6 is 0 Å². The lowest BCUT2D eigenvalue weighted by molar-refractivity contribution is 0.0600. The Bertz CT molecular complexity index is 1000. The highest BCUT2D eigenvalue weighted by atomic mass is 32.2. The number of carbonyl (C=O) groups excluding carboxylic acids is 1. The molecule has 0 saturated heterocycles. The number of hydrogen-bond donors (Lipinski definition) is 0. The maximum Gasteiger partial charge on any atom is 0.337 e.